The molecule has 0 aromatic heterocycles. The van der Waals surface area contributed by atoms with E-state index in [0.29, 0.717) is 6.61 Å². The van der Waals surface area contributed by atoms with Gasteiger partial charge in [0.1, 0.15) is 5.75 Å². The molecule has 1 saturated carbocycles. The highest BCUT2D eigenvalue weighted by Gasteiger charge is 2.36. The second-order valence-electron chi connectivity index (χ2n) is 5.51. The number of nitrogen functional groups attached to an aromatic ring is 1. The van der Waals surface area contributed by atoms with Crippen LogP contribution in [0.2, 0.25) is 0 Å². The van der Waals surface area contributed by atoms with Crippen LogP contribution in [0.4, 0.5) is 11.4 Å². The van der Waals surface area contributed by atoms with Crippen LogP contribution in [0.15, 0.2) is 18.2 Å². The standard InChI is InChI=1S/C15H22N2O/c1-2-18-15-8-13(6-7-14(15)16)17-9-11-4-3-5-12(11)10-17/h6-8,11-12H,2-5,9-10,16H2,1H3. The van der Waals surface area contributed by atoms with E-state index in [1.165, 1.54) is 38.0 Å². The Morgan fingerprint density at radius 3 is 2.67 bits per heavy atom. The number of ether oxygens (including phenoxy) is 1. The summed E-state index contributed by atoms with van der Waals surface area (Å²) in [5, 5.41) is 0. The lowest BCUT2D eigenvalue weighted by Crippen LogP contribution is -2.20. The molecule has 18 heavy (non-hydrogen) atoms. The van der Waals surface area contributed by atoms with E-state index in [-0.39, 0.29) is 0 Å². The quantitative estimate of drug-likeness (QED) is 0.833. The molecule has 1 heterocycles. The lowest BCUT2D eigenvalue weighted by Gasteiger charge is -2.21. The molecule has 3 heteroatoms. The Morgan fingerprint density at radius 1 is 1.28 bits per heavy atom. The maximum Gasteiger partial charge on any atom is 0.144 e. The Kier molecular flexibility index (Phi) is 3.06. The van der Waals surface area contributed by atoms with Gasteiger partial charge in [0.05, 0.1) is 12.3 Å². The maximum atomic E-state index is 5.92. The SMILES string of the molecule is CCOc1cc(N2CC3CCCC3C2)ccc1N. The van der Waals surface area contributed by atoms with Crippen molar-refractivity contribution >= 4 is 11.4 Å². The van der Waals surface area contributed by atoms with E-state index in [1.807, 2.05) is 13.0 Å². The van der Waals surface area contributed by atoms with Crippen molar-refractivity contribution in [1.82, 2.24) is 0 Å². The fourth-order valence-electron chi connectivity index (χ4n) is 3.45. The molecule has 1 aliphatic carbocycles. The molecule has 2 unspecified atom stereocenters. The number of nitrogens with two attached hydrogens (primary N) is 1. The van der Waals surface area contributed by atoms with Crippen LogP contribution in [-0.2, 0) is 0 Å². The summed E-state index contributed by atoms with van der Waals surface area (Å²) in [6.45, 7) is 5.07. The van der Waals surface area contributed by atoms with Gasteiger partial charge < -0.3 is 15.4 Å². The highest BCUT2D eigenvalue weighted by molar-refractivity contribution is 5.62. The highest BCUT2D eigenvalue weighted by atomic mass is 16.5. The number of anilines is 2. The van der Waals surface area contributed by atoms with Crippen LogP contribution in [0.25, 0.3) is 0 Å². The largest absolute Gasteiger partial charge is 0.492 e. The summed E-state index contributed by atoms with van der Waals surface area (Å²) in [5.74, 6) is 2.66. The number of hydrogen-bond donors (Lipinski definition) is 1. The lowest BCUT2D eigenvalue weighted by molar-refractivity contribution is 0.342. The van der Waals surface area contributed by atoms with Gasteiger partial charge in [-0.1, -0.05) is 6.42 Å². The summed E-state index contributed by atoms with van der Waals surface area (Å²) in [5.41, 5.74) is 7.92. The fourth-order valence-corrected chi connectivity index (χ4v) is 3.45. The second kappa shape index (κ2) is 4.71. The molecule has 1 aromatic rings. The topological polar surface area (TPSA) is 38.5 Å². The molecule has 2 N–H and O–H groups in total. The van der Waals surface area contributed by atoms with Gasteiger partial charge in [-0.05, 0) is 43.7 Å². The van der Waals surface area contributed by atoms with Crippen LogP contribution in [0, 0.1) is 11.8 Å². The first-order valence-corrected chi connectivity index (χ1v) is 7.05. The fraction of sp³-hybridized carbons (Fsp3) is 0.600. The number of nitrogens with zero attached hydrogens (tertiary/aromatic N) is 1. The van der Waals surface area contributed by atoms with Gasteiger partial charge in [-0.2, -0.15) is 0 Å². The van der Waals surface area contributed by atoms with Crippen LogP contribution in [0.5, 0.6) is 5.75 Å². The molecule has 0 spiro atoms. The van der Waals surface area contributed by atoms with Crippen molar-refractivity contribution in [3.05, 3.63) is 18.2 Å². The first kappa shape index (κ1) is 11.7. The summed E-state index contributed by atoms with van der Waals surface area (Å²) in [4.78, 5) is 2.50. The summed E-state index contributed by atoms with van der Waals surface area (Å²) in [6, 6.07) is 6.19. The minimum Gasteiger partial charge on any atom is -0.492 e. The van der Waals surface area contributed by atoms with Crippen LogP contribution in [-0.4, -0.2) is 19.7 Å². The normalized spacial score (nSPS) is 26.4. The first-order valence-electron chi connectivity index (χ1n) is 7.05. The minimum atomic E-state index is 0.666. The predicted molar refractivity (Wildman–Crippen MR) is 75.1 cm³/mol. The average molecular weight is 246 g/mol. The molecule has 2 atom stereocenters. The highest BCUT2D eigenvalue weighted by Crippen LogP contribution is 2.40. The van der Waals surface area contributed by atoms with Gasteiger partial charge in [-0.15, -0.1) is 0 Å². The van der Waals surface area contributed by atoms with Gasteiger partial charge >= 0.3 is 0 Å². The summed E-state index contributed by atoms with van der Waals surface area (Å²) in [6.07, 6.45) is 4.25. The molecule has 2 fully saturated rings. The third-order valence-electron chi connectivity index (χ3n) is 4.39. The molecule has 98 valence electrons. The predicted octanol–water partition coefficient (Wildman–Crippen LogP) is 2.90. The molecule has 1 aliphatic heterocycles. The smallest absolute Gasteiger partial charge is 0.144 e. The van der Waals surface area contributed by atoms with Crippen molar-refractivity contribution in [3.63, 3.8) is 0 Å². The van der Waals surface area contributed by atoms with Crippen molar-refractivity contribution in [2.75, 3.05) is 30.3 Å². The van der Waals surface area contributed by atoms with E-state index in [1.54, 1.807) is 0 Å². The Morgan fingerprint density at radius 2 is 2.00 bits per heavy atom. The van der Waals surface area contributed by atoms with E-state index >= 15 is 0 Å². The molecule has 3 rings (SSSR count). The Balaban J connectivity index is 1.78. The molecule has 0 radical (unpaired) electrons. The average Bonchev–Trinajstić information content (AvgIpc) is 2.92. The molecule has 1 saturated heterocycles. The van der Waals surface area contributed by atoms with Crippen molar-refractivity contribution in [2.24, 2.45) is 11.8 Å². The first-order chi connectivity index (χ1) is 8.78. The zero-order valence-electron chi connectivity index (χ0n) is 11.1. The summed E-state index contributed by atoms with van der Waals surface area (Å²) < 4.78 is 5.58. The van der Waals surface area contributed by atoms with Crippen LogP contribution >= 0.6 is 0 Å². The monoisotopic (exact) mass is 246 g/mol. The molecular formula is C15H22N2O. The van der Waals surface area contributed by atoms with Crippen LogP contribution in [0.3, 0.4) is 0 Å². The number of hydrogen-bond acceptors (Lipinski definition) is 3. The van der Waals surface area contributed by atoms with Gasteiger partial charge in [0.2, 0.25) is 0 Å². The summed E-state index contributed by atoms with van der Waals surface area (Å²) in [7, 11) is 0. The Labute approximate surface area is 109 Å². The van der Waals surface area contributed by atoms with Crippen LogP contribution in [0.1, 0.15) is 26.2 Å². The molecule has 0 bridgehead atoms. The molecule has 1 aromatic carbocycles. The zero-order valence-corrected chi connectivity index (χ0v) is 11.1. The minimum absolute atomic E-state index is 0.666. The van der Waals surface area contributed by atoms with Crippen LogP contribution < -0.4 is 15.4 Å². The van der Waals surface area contributed by atoms with E-state index < -0.39 is 0 Å². The van der Waals surface area contributed by atoms with Gasteiger partial charge in [-0.3, -0.25) is 0 Å². The van der Waals surface area contributed by atoms with Gasteiger partial charge in [-0.25, -0.2) is 0 Å². The molecule has 3 nitrogen and oxygen atoms in total. The third-order valence-corrected chi connectivity index (χ3v) is 4.39. The lowest BCUT2D eigenvalue weighted by atomic mass is 10.0. The van der Waals surface area contributed by atoms with E-state index in [2.05, 4.69) is 17.0 Å². The number of fused-ring (bicyclic) bond motifs is 1. The van der Waals surface area contributed by atoms with Gasteiger partial charge in [0.25, 0.3) is 0 Å². The molecule has 2 aliphatic rings. The van der Waals surface area contributed by atoms with E-state index in [9.17, 15) is 0 Å². The van der Waals surface area contributed by atoms with Gasteiger partial charge in [0, 0.05) is 24.8 Å². The van der Waals surface area contributed by atoms with Gasteiger partial charge in [0.15, 0.2) is 0 Å². The van der Waals surface area contributed by atoms with Crippen molar-refractivity contribution in [2.45, 2.75) is 26.2 Å². The maximum absolute atomic E-state index is 5.92. The summed E-state index contributed by atoms with van der Waals surface area (Å²) >= 11 is 0. The molecule has 0 amide bonds. The van der Waals surface area contributed by atoms with Crippen molar-refractivity contribution in [3.8, 4) is 5.75 Å². The number of rotatable bonds is 3. The zero-order chi connectivity index (χ0) is 12.5. The van der Waals surface area contributed by atoms with Crippen molar-refractivity contribution in [1.29, 1.82) is 0 Å². The van der Waals surface area contributed by atoms with Crippen molar-refractivity contribution < 1.29 is 4.74 Å². The van der Waals surface area contributed by atoms with E-state index in [4.69, 9.17) is 10.5 Å². The molecular weight excluding hydrogens is 224 g/mol. The second-order valence-corrected chi connectivity index (χ2v) is 5.51. The van der Waals surface area contributed by atoms with E-state index in [0.717, 1.165) is 23.3 Å². The third kappa shape index (κ3) is 2.02. The Bertz CT molecular complexity index is 421. The number of benzene rings is 1. The Hall–Kier alpha value is -1.38.